The summed E-state index contributed by atoms with van der Waals surface area (Å²) in [4.78, 5) is 71.2. The SMILES string of the molecule is COC(=O)N[C@H](C(=O)N1C2CCC(C2)C1C1=NCC(c2ccc(-c3ccc4cc(-c5cnc([C@@H]6CC7(CC7)CN6C(=O)[C@@H](NC(=O)OC)C6CCOCC6)[nH]5)ccc4c3)cc2)N1)C1CCOCC1. The van der Waals surface area contributed by atoms with Crippen LogP contribution in [0.2, 0.25) is 0 Å². The molecule has 11 rings (SSSR count). The maximum atomic E-state index is 14.4. The van der Waals surface area contributed by atoms with Crippen LogP contribution in [0.1, 0.15) is 87.7 Å². The van der Waals surface area contributed by atoms with Gasteiger partial charge in [0.1, 0.15) is 23.7 Å². The number of carbonyl (C=O) groups excluding carboxylic acids is 4. The van der Waals surface area contributed by atoms with Crippen LogP contribution in [-0.2, 0) is 28.5 Å². The van der Waals surface area contributed by atoms with Gasteiger partial charge in [-0.3, -0.25) is 14.6 Å². The molecule has 2 bridgehead atoms. The Morgan fingerprint density at radius 2 is 1.38 bits per heavy atom. The monoisotopic (exact) mass is 926 g/mol. The Labute approximate surface area is 396 Å². The first-order valence-corrected chi connectivity index (χ1v) is 24.6. The van der Waals surface area contributed by atoms with Gasteiger partial charge in [0, 0.05) is 44.6 Å². The zero-order chi connectivity index (χ0) is 46.5. The number of likely N-dealkylation sites (tertiary alicyclic amines) is 2. The molecule has 7 atom stereocenters. The van der Waals surface area contributed by atoms with E-state index in [1.165, 1.54) is 14.2 Å². The number of amidine groups is 1. The predicted molar refractivity (Wildman–Crippen MR) is 253 cm³/mol. The van der Waals surface area contributed by atoms with Gasteiger partial charge in [-0.2, -0.15) is 0 Å². The van der Waals surface area contributed by atoms with E-state index in [-0.39, 0.29) is 53.2 Å². The van der Waals surface area contributed by atoms with Crippen molar-refractivity contribution >= 4 is 40.6 Å². The average molecular weight is 927 g/mol. The number of amides is 4. The molecule has 4 N–H and O–H groups in total. The maximum Gasteiger partial charge on any atom is 0.407 e. The lowest BCUT2D eigenvalue weighted by Crippen LogP contribution is -2.59. The second kappa shape index (κ2) is 18.5. The Kier molecular flexibility index (Phi) is 12.1. The second-order valence-electron chi connectivity index (χ2n) is 20.2. The number of alkyl carbamates (subject to hydrolysis) is 2. The number of benzene rings is 3. The standard InChI is InChI=1S/C52H62N8O8/c1-65-50(63)57-43(32-13-19-67-20-14-32)48(61)59-29-52(17-18-52)26-42(59)46-53-28-41(55-46)37-10-9-35-23-34(7-8-36(35)24-37)30-3-5-31(6-4-30)40-27-54-47(56-40)45-38-11-12-39(25-38)60(45)49(62)44(58-51(64)66-2)33-15-21-68-22-16-33/h3-10,23-24,28,32-33,38-40,42-45H,11-22,25-27,29H2,1-2H3,(H,53,55)(H,54,56)(H,57,63)(H,58,64)/t38?,39?,40?,42-,43-,44-,45?/m0/s1. The number of nitrogens with zero attached hydrogens (tertiary/aromatic N) is 4. The van der Waals surface area contributed by atoms with Crippen LogP contribution >= 0.6 is 0 Å². The number of carbonyl (C=O) groups is 4. The molecule has 1 aromatic heterocycles. The third-order valence-corrected chi connectivity index (χ3v) is 16.3. The van der Waals surface area contributed by atoms with E-state index in [0.717, 1.165) is 88.9 Å². The summed E-state index contributed by atoms with van der Waals surface area (Å²) >= 11 is 0. The van der Waals surface area contributed by atoms with Crippen molar-refractivity contribution in [3.05, 3.63) is 78.2 Å². The normalized spacial score (nSPS) is 26.3. The van der Waals surface area contributed by atoms with Gasteiger partial charge in [0.2, 0.25) is 11.8 Å². The average Bonchev–Trinajstić information content (AvgIpc) is 4.03. The van der Waals surface area contributed by atoms with Gasteiger partial charge in [0.25, 0.3) is 0 Å². The molecule has 3 aromatic carbocycles. The van der Waals surface area contributed by atoms with E-state index >= 15 is 0 Å². The molecule has 4 saturated heterocycles. The van der Waals surface area contributed by atoms with Gasteiger partial charge in [-0.15, -0.1) is 0 Å². The highest BCUT2D eigenvalue weighted by molar-refractivity contribution is 5.96. The lowest BCUT2D eigenvalue weighted by atomic mass is 9.89. The number of hydrogen-bond acceptors (Lipinski definition) is 11. The number of nitrogens with one attached hydrogen (secondary N) is 4. The third kappa shape index (κ3) is 8.58. The van der Waals surface area contributed by atoms with E-state index in [2.05, 4.69) is 81.6 Å². The van der Waals surface area contributed by atoms with E-state index in [4.69, 9.17) is 28.9 Å². The molecule has 16 heteroatoms. The summed E-state index contributed by atoms with van der Waals surface area (Å²) in [5.74, 6) is 1.81. The number of aromatic amines is 1. The largest absolute Gasteiger partial charge is 0.453 e. The number of aromatic nitrogens is 2. The van der Waals surface area contributed by atoms with Crippen molar-refractivity contribution in [2.75, 3.05) is 53.7 Å². The van der Waals surface area contributed by atoms with E-state index < -0.39 is 24.3 Å². The smallest absolute Gasteiger partial charge is 0.407 e. The Bertz CT molecular complexity index is 2580. The summed E-state index contributed by atoms with van der Waals surface area (Å²) in [6, 6.07) is 20.1. The molecule has 0 radical (unpaired) electrons. The summed E-state index contributed by atoms with van der Waals surface area (Å²) in [6.45, 7) is 3.53. The summed E-state index contributed by atoms with van der Waals surface area (Å²) < 4.78 is 21.1. The highest BCUT2D eigenvalue weighted by Gasteiger charge is 2.56. The van der Waals surface area contributed by atoms with E-state index in [9.17, 15) is 19.2 Å². The van der Waals surface area contributed by atoms with Gasteiger partial charge in [-0.25, -0.2) is 14.6 Å². The minimum Gasteiger partial charge on any atom is -0.453 e. The van der Waals surface area contributed by atoms with Gasteiger partial charge in [0.05, 0.1) is 50.8 Å². The van der Waals surface area contributed by atoms with Crippen molar-refractivity contribution in [3.63, 3.8) is 0 Å². The zero-order valence-electron chi connectivity index (χ0n) is 38.9. The van der Waals surface area contributed by atoms with Crippen LogP contribution in [0.3, 0.4) is 0 Å². The number of imidazole rings is 1. The first kappa shape index (κ1) is 44.5. The van der Waals surface area contributed by atoms with Gasteiger partial charge >= 0.3 is 12.2 Å². The number of ether oxygens (including phenoxy) is 4. The number of methoxy groups -OCH3 is 2. The van der Waals surface area contributed by atoms with Crippen LogP contribution in [0.15, 0.2) is 71.9 Å². The molecule has 6 fully saturated rings. The van der Waals surface area contributed by atoms with Crippen molar-refractivity contribution in [1.29, 1.82) is 0 Å². The summed E-state index contributed by atoms with van der Waals surface area (Å²) in [7, 11) is 2.66. The Morgan fingerprint density at radius 3 is 2.03 bits per heavy atom. The van der Waals surface area contributed by atoms with Crippen molar-refractivity contribution < 1.29 is 38.1 Å². The second-order valence-corrected chi connectivity index (χ2v) is 20.2. The van der Waals surface area contributed by atoms with E-state index in [0.29, 0.717) is 71.1 Å². The molecular weight excluding hydrogens is 865 g/mol. The number of piperidine rings is 1. The highest BCUT2D eigenvalue weighted by atomic mass is 16.5. The molecule has 1 spiro atoms. The van der Waals surface area contributed by atoms with Crippen LogP contribution in [0.25, 0.3) is 33.2 Å². The number of rotatable bonds is 11. The minimum absolute atomic E-state index is 0.00253. The molecule has 4 unspecified atom stereocenters. The number of fused-ring (bicyclic) bond motifs is 3. The molecule has 2 saturated carbocycles. The highest BCUT2D eigenvalue weighted by Crippen LogP contribution is 2.58. The summed E-state index contributed by atoms with van der Waals surface area (Å²) in [5, 5.41) is 11.7. The first-order valence-electron chi connectivity index (χ1n) is 24.6. The topological polar surface area (TPSA) is 189 Å². The molecule has 16 nitrogen and oxygen atoms in total. The number of H-pyrrole nitrogens is 1. The zero-order valence-corrected chi connectivity index (χ0v) is 38.9. The first-order chi connectivity index (χ1) is 33.2. The molecule has 4 aromatic rings. The van der Waals surface area contributed by atoms with Crippen LogP contribution in [0.4, 0.5) is 9.59 Å². The van der Waals surface area contributed by atoms with E-state index in [1.54, 1.807) is 0 Å². The fourth-order valence-electron chi connectivity index (χ4n) is 12.3. The minimum atomic E-state index is -0.683. The van der Waals surface area contributed by atoms with Crippen molar-refractivity contribution in [2.45, 2.75) is 100 Å². The Balaban J connectivity index is 0.756. The van der Waals surface area contributed by atoms with Gasteiger partial charge in [0.15, 0.2) is 0 Å². The van der Waals surface area contributed by atoms with Gasteiger partial charge < -0.3 is 49.7 Å². The quantitative estimate of drug-likeness (QED) is 0.126. The maximum absolute atomic E-state index is 14.4. The van der Waals surface area contributed by atoms with Crippen molar-refractivity contribution in [3.8, 4) is 22.4 Å². The van der Waals surface area contributed by atoms with Gasteiger partial charge in [-0.1, -0.05) is 48.5 Å². The van der Waals surface area contributed by atoms with Gasteiger partial charge in [-0.05, 0) is 127 Å². The fraction of sp³-hybridized carbons (Fsp3) is 0.538. The molecule has 68 heavy (non-hydrogen) atoms. The van der Waals surface area contributed by atoms with Crippen molar-refractivity contribution in [2.24, 2.45) is 28.2 Å². The van der Waals surface area contributed by atoms with Crippen LogP contribution in [0, 0.1) is 23.2 Å². The molecule has 4 amide bonds. The summed E-state index contributed by atoms with van der Waals surface area (Å²) in [6.07, 6.45) is 9.49. The third-order valence-electron chi connectivity index (χ3n) is 16.3. The van der Waals surface area contributed by atoms with Crippen LogP contribution < -0.4 is 16.0 Å². The molecule has 358 valence electrons. The lowest BCUT2D eigenvalue weighted by Gasteiger charge is -2.40. The van der Waals surface area contributed by atoms with Crippen LogP contribution in [0.5, 0.6) is 0 Å². The Hall–Kier alpha value is -6.00. The predicted octanol–water partition coefficient (Wildman–Crippen LogP) is 6.68. The molecule has 5 aliphatic heterocycles. The lowest BCUT2D eigenvalue weighted by molar-refractivity contribution is -0.139. The molecule has 2 aliphatic carbocycles. The van der Waals surface area contributed by atoms with E-state index in [1.807, 2.05) is 16.0 Å². The molecular formula is C52H62N8O8. The summed E-state index contributed by atoms with van der Waals surface area (Å²) in [5.41, 5.74) is 5.38. The molecule has 7 aliphatic rings. The van der Waals surface area contributed by atoms with Crippen molar-refractivity contribution in [1.82, 2.24) is 35.7 Å². The van der Waals surface area contributed by atoms with Crippen LogP contribution in [-0.4, -0.2) is 128 Å². The molecule has 6 heterocycles. The fourth-order valence-corrected chi connectivity index (χ4v) is 12.3. The number of aliphatic imine (C=N–C) groups is 1. The number of hydrogen-bond donors (Lipinski definition) is 4. The Morgan fingerprint density at radius 1 is 0.765 bits per heavy atom.